The number of piperidine rings is 1. The summed E-state index contributed by atoms with van der Waals surface area (Å²) in [6.07, 6.45) is 6.65. The van der Waals surface area contributed by atoms with E-state index in [1.807, 2.05) is 24.3 Å². The molecule has 0 radical (unpaired) electrons. The van der Waals surface area contributed by atoms with Crippen molar-refractivity contribution in [1.82, 2.24) is 10.3 Å². The van der Waals surface area contributed by atoms with Crippen molar-refractivity contribution >= 4 is 34.8 Å². The van der Waals surface area contributed by atoms with Crippen molar-refractivity contribution in [3.63, 3.8) is 0 Å². The molecular formula is C30H35ClN4O2. The van der Waals surface area contributed by atoms with E-state index in [9.17, 15) is 9.59 Å². The van der Waals surface area contributed by atoms with Gasteiger partial charge in [0.25, 0.3) is 5.91 Å². The highest BCUT2D eigenvalue weighted by Crippen LogP contribution is 2.31. The molecule has 1 aromatic heterocycles. The molecule has 0 aliphatic carbocycles. The highest BCUT2D eigenvalue weighted by molar-refractivity contribution is 6.20. The summed E-state index contributed by atoms with van der Waals surface area (Å²) in [5.74, 6) is 0.460. The fourth-order valence-corrected chi connectivity index (χ4v) is 4.66. The number of pyridine rings is 1. The number of benzene rings is 2. The topological polar surface area (TPSA) is 74.3 Å². The normalized spacial score (nSPS) is 14.3. The van der Waals surface area contributed by atoms with Crippen LogP contribution in [0.25, 0.3) is 0 Å². The third kappa shape index (κ3) is 7.10. The minimum Gasteiger partial charge on any atom is -0.371 e. The number of anilines is 2. The van der Waals surface area contributed by atoms with Crippen molar-refractivity contribution in [2.75, 3.05) is 29.2 Å². The van der Waals surface area contributed by atoms with Crippen LogP contribution in [0.4, 0.5) is 11.4 Å². The second-order valence-electron chi connectivity index (χ2n) is 10.4. The summed E-state index contributed by atoms with van der Waals surface area (Å²) >= 11 is 5.99. The maximum atomic E-state index is 13.4. The number of nitrogens with zero attached hydrogens (tertiary/aromatic N) is 2. The largest absolute Gasteiger partial charge is 0.371 e. The maximum absolute atomic E-state index is 13.4. The van der Waals surface area contributed by atoms with Gasteiger partial charge in [0.05, 0.1) is 11.0 Å². The van der Waals surface area contributed by atoms with Crippen molar-refractivity contribution in [1.29, 1.82) is 0 Å². The van der Waals surface area contributed by atoms with E-state index in [2.05, 4.69) is 50.8 Å². The molecule has 0 atom stereocenters. The zero-order valence-corrected chi connectivity index (χ0v) is 22.3. The number of halogens is 1. The van der Waals surface area contributed by atoms with Crippen molar-refractivity contribution in [2.45, 2.75) is 39.7 Å². The van der Waals surface area contributed by atoms with Gasteiger partial charge in [0, 0.05) is 49.3 Å². The Morgan fingerprint density at radius 2 is 1.76 bits per heavy atom. The van der Waals surface area contributed by atoms with Crippen LogP contribution in [-0.4, -0.2) is 35.8 Å². The van der Waals surface area contributed by atoms with Gasteiger partial charge in [-0.05, 0) is 74.4 Å². The Bertz CT molecular complexity index is 1190. The first-order valence-electron chi connectivity index (χ1n) is 12.8. The average molecular weight is 519 g/mol. The summed E-state index contributed by atoms with van der Waals surface area (Å²) < 4.78 is 0. The molecule has 6 nitrogen and oxygen atoms in total. The van der Waals surface area contributed by atoms with E-state index in [0.29, 0.717) is 23.7 Å². The van der Waals surface area contributed by atoms with E-state index < -0.39 is 5.41 Å². The van der Waals surface area contributed by atoms with Crippen LogP contribution in [0.15, 0.2) is 73.1 Å². The zero-order valence-electron chi connectivity index (χ0n) is 21.5. The van der Waals surface area contributed by atoms with Gasteiger partial charge in [0.15, 0.2) is 0 Å². The highest BCUT2D eigenvalue weighted by atomic mass is 35.5. The Morgan fingerprint density at radius 1 is 1.03 bits per heavy atom. The Morgan fingerprint density at radius 3 is 2.43 bits per heavy atom. The van der Waals surface area contributed by atoms with Crippen LogP contribution in [0.5, 0.6) is 0 Å². The number of alkyl halides is 1. The number of carbonyl (C=O) groups is 2. The van der Waals surface area contributed by atoms with E-state index in [1.165, 1.54) is 5.56 Å². The molecule has 3 aromatic rings. The highest BCUT2D eigenvalue weighted by Gasteiger charge is 2.28. The molecule has 0 unspecified atom stereocenters. The second kappa shape index (κ2) is 12.2. The van der Waals surface area contributed by atoms with Crippen LogP contribution in [0.1, 0.15) is 48.2 Å². The van der Waals surface area contributed by atoms with Crippen LogP contribution >= 0.6 is 11.6 Å². The molecule has 2 N–H and O–H groups in total. The van der Waals surface area contributed by atoms with Crippen LogP contribution in [0.2, 0.25) is 0 Å². The Balaban J connectivity index is 1.50. The molecule has 1 aliphatic rings. The maximum Gasteiger partial charge on any atom is 0.253 e. The quantitative estimate of drug-likeness (QED) is 0.358. The summed E-state index contributed by atoms with van der Waals surface area (Å²) in [6.45, 7) is 5.73. The fraction of sp³-hybridized carbons (Fsp3) is 0.367. The van der Waals surface area contributed by atoms with E-state index in [0.717, 1.165) is 43.6 Å². The molecule has 1 aliphatic heterocycles. The zero-order chi connectivity index (χ0) is 26.3. The van der Waals surface area contributed by atoms with Gasteiger partial charge in [-0.2, -0.15) is 0 Å². The lowest BCUT2D eigenvalue weighted by Crippen LogP contribution is -2.36. The Kier molecular flexibility index (Phi) is 8.82. The predicted octanol–water partition coefficient (Wildman–Crippen LogP) is 5.67. The number of carbonyl (C=O) groups excluding carboxylic acids is 2. The minimum atomic E-state index is -0.719. The molecule has 2 amide bonds. The SMILES string of the molecule is CC(C)(CCl)C(=O)Nc1ccc(N2CCC(Cc3ccccc3)CC2)c(C(=O)NCc2cccnc2)c1. The smallest absolute Gasteiger partial charge is 0.253 e. The first-order chi connectivity index (χ1) is 17.9. The molecule has 1 fully saturated rings. The first kappa shape index (κ1) is 26.7. The summed E-state index contributed by atoms with van der Waals surface area (Å²) in [5, 5.41) is 5.95. The van der Waals surface area contributed by atoms with Crippen LogP contribution in [0, 0.1) is 11.3 Å². The van der Waals surface area contributed by atoms with Crippen molar-refractivity contribution in [3.8, 4) is 0 Å². The number of nitrogens with one attached hydrogen (secondary N) is 2. The number of hydrogen-bond donors (Lipinski definition) is 2. The van der Waals surface area contributed by atoms with Crippen LogP contribution < -0.4 is 15.5 Å². The molecular weight excluding hydrogens is 484 g/mol. The molecule has 0 saturated carbocycles. The van der Waals surface area contributed by atoms with E-state index in [-0.39, 0.29) is 17.7 Å². The molecule has 1 saturated heterocycles. The number of amides is 2. The van der Waals surface area contributed by atoms with Gasteiger partial charge < -0.3 is 15.5 Å². The lowest BCUT2D eigenvalue weighted by Gasteiger charge is -2.35. The molecule has 37 heavy (non-hydrogen) atoms. The van der Waals surface area contributed by atoms with Crippen molar-refractivity contribution in [2.24, 2.45) is 11.3 Å². The minimum absolute atomic E-state index is 0.182. The van der Waals surface area contributed by atoms with Gasteiger partial charge in [-0.25, -0.2) is 0 Å². The predicted molar refractivity (Wildman–Crippen MR) is 150 cm³/mol. The van der Waals surface area contributed by atoms with Gasteiger partial charge in [-0.15, -0.1) is 11.6 Å². The summed E-state index contributed by atoms with van der Waals surface area (Å²) in [7, 11) is 0. The number of rotatable bonds is 9. The van der Waals surface area contributed by atoms with Gasteiger partial charge in [-0.1, -0.05) is 36.4 Å². The van der Waals surface area contributed by atoms with Gasteiger partial charge in [0.1, 0.15) is 0 Å². The number of aromatic nitrogens is 1. The summed E-state index contributed by atoms with van der Waals surface area (Å²) in [4.78, 5) is 32.5. The molecule has 7 heteroatoms. The van der Waals surface area contributed by atoms with Gasteiger partial charge in [-0.3, -0.25) is 14.6 Å². The Labute approximate surface area is 224 Å². The second-order valence-corrected chi connectivity index (χ2v) is 10.6. The number of hydrogen-bond acceptors (Lipinski definition) is 4. The monoisotopic (exact) mass is 518 g/mol. The third-order valence-electron chi connectivity index (χ3n) is 6.95. The fourth-order valence-electron chi connectivity index (χ4n) is 4.54. The third-order valence-corrected chi connectivity index (χ3v) is 7.61. The summed E-state index contributed by atoms with van der Waals surface area (Å²) in [6, 6.07) is 20.0. The van der Waals surface area contributed by atoms with E-state index >= 15 is 0 Å². The summed E-state index contributed by atoms with van der Waals surface area (Å²) in [5.41, 5.74) is 3.59. The standard InChI is InChI=1S/C30H35ClN4O2/c1-30(2,21-31)29(37)34-25-10-11-27(26(18-25)28(36)33-20-24-9-6-14-32-19-24)35-15-12-23(13-16-35)17-22-7-4-3-5-8-22/h3-11,14,18-19,23H,12-13,15-17,20-21H2,1-2H3,(H,33,36)(H,34,37). The molecule has 4 rings (SSSR count). The Hall–Kier alpha value is -3.38. The van der Waals surface area contributed by atoms with Gasteiger partial charge >= 0.3 is 0 Å². The van der Waals surface area contributed by atoms with Crippen molar-refractivity contribution in [3.05, 3.63) is 89.7 Å². The lowest BCUT2D eigenvalue weighted by atomic mass is 9.89. The molecule has 194 valence electrons. The molecule has 0 spiro atoms. The van der Waals surface area contributed by atoms with E-state index in [1.54, 1.807) is 32.3 Å². The van der Waals surface area contributed by atoms with E-state index in [4.69, 9.17) is 11.6 Å². The van der Waals surface area contributed by atoms with Crippen molar-refractivity contribution < 1.29 is 9.59 Å². The molecule has 2 aromatic carbocycles. The molecule has 0 bridgehead atoms. The van der Waals surface area contributed by atoms with Crippen LogP contribution in [0.3, 0.4) is 0 Å². The van der Waals surface area contributed by atoms with Crippen LogP contribution in [-0.2, 0) is 17.8 Å². The molecule has 2 heterocycles. The van der Waals surface area contributed by atoms with Gasteiger partial charge in [0.2, 0.25) is 5.91 Å². The average Bonchev–Trinajstić information content (AvgIpc) is 2.93. The first-order valence-corrected chi connectivity index (χ1v) is 13.4. The lowest BCUT2D eigenvalue weighted by molar-refractivity contribution is -0.122.